The van der Waals surface area contributed by atoms with Crippen molar-refractivity contribution < 1.29 is 73.8 Å². The van der Waals surface area contributed by atoms with Gasteiger partial charge in [0.1, 0.15) is 52.8 Å². The SMILES string of the molecule is O=C(/C=C/c1ccc(O)cc1)OC[C@H]1O[C@@H](Oc2c(-c3ccc(O)c(O)c3)oc3cc(O)cc(O)c3c2=O)[C@H](O)[C@H](OC(=O)/C=C/c2ccc(O)cc2)[C@@H]1O. The summed E-state index contributed by atoms with van der Waals surface area (Å²) in [5.41, 5.74) is -0.417. The fraction of sp³-hybridized carbons (Fsp3) is 0.154. The van der Waals surface area contributed by atoms with E-state index in [1.165, 1.54) is 66.7 Å². The van der Waals surface area contributed by atoms with E-state index in [-0.39, 0.29) is 22.6 Å². The van der Waals surface area contributed by atoms with Crippen molar-refractivity contribution in [3.05, 3.63) is 112 Å². The zero-order chi connectivity index (χ0) is 39.4. The van der Waals surface area contributed by atoms with Gasteiger partial charge in [-0.25, -0.2) is 9.59 Å². The standard InChI is InChI=1S/C39H32O16/c40-22-8-1-19(2-9-22)5-13-30(46)51-18-29-33(48)37(54-31(47)14-6-20-3-10-23(41)11-4-20)35(50)39(53-29)55-38-34(49)32-27(45)16-24(42)17-28(32)52-36(38)21-7-12-25(43)26(44)15-21/h1-17,29,33,35,37,39-45,48,50H,18H2/b13-5+,14-6+/t29-,33-,35-,37-,39+/m1/s1. The normalized spacial score (nSPS) is 19.8. The second-order valence-electron chi connectivity index (χ2n) is 12.2. The number of aliphatic hydroxyl groups excluding tert-OH is 2. The summed E-state index contributed by atoms with van der Waals surface area (Å²) in [6.07, 6.45) is -4.55. The van der Waals surface area contributed by atoms with Gasteiger partial charge in [0, 0.05) is 29.8 Å². The molecule has 0 unspecified atom stereocenters. The van der Waals surface area contributed by atoms with Crippen molar-refractivity contribution >= 4 is 35.1 Å². The first-order valence-corrected chi connectivity index (χ1v) is 16.3. The minimum atomic E-state index is -2.05. The number of phenols is 6. The molecule has 1 fully saturated rings. The van der Waals surface area contributed by atoms with Crippen molar-refractivity contribution in [3.8, 4) is 51.6 Å². The average Bonchev–Trinajstić information content (AvgIpc) is 3.15. The second-order valence-corrected chi connectivity index (χ2v) is 12.2. The number of phenolic OH excluding ortho intramolecular Hbond substituents is 6. The number of benzene rings is 4. The Morgan fingerprint density at radius 2 is 1.31 bits per heavy atom. The Bertz CT molecular complexity index is 2330. The first-order valence-electron chi connectivity index (χ1n) is 16.3. The number of rotatable bonds is 10. The first-order chi connectivity index (χ1) is 26.3. The second kappa shape index (κ2) is 15.9. The van der Waals surface area contributed by atoms with Crippen LogP contribution in [0.25, 0.3) is 34.4 Å². The molecule has 16 nitrogen and oxygen atoms in total. The molecule has 1 saturated heterocycles. The van der Waals surface area contributed by atoms with Crippen LogP contribution >= 0.6 is 0 Å². The van der Waals surface area contributed by atoms with E-state index in [2.05, 4.69) is 0 Å². The molecule has 6 rings (SSSR count). The Balaban J connectivity index is 1.33. The smallest absolute Gasteiger partial charge is 0.331 e. The predicted molar refractivity (Wildman–Crippen MR) is 191 cm³/mol. The number of aliphatic hydroxyl groups is 2. The summed E-state index contributed by atoms with van der Waals surface area (Å²) in [7, 11) is 0. The molecular weight excluding hydrogens is 724 g/mol. The van der Waals surface area contributed by atoms with Gasteiger partial charge in [-0.2, -0.15) is 0 Å². The highest BCUT2D eigenvalue weighted by Crippen LogP contribution is 2.39. The lowest BCUT2D eigenvalue weighted by Crippen LogP contribution is -2.61. The van der Waals surface area contributed by atoms with Crippen LogP contribution in [0.4, 0.5) is 0 Å². The molecule has 4 aromatic carbocycles. The van der Waals surface area contributed by atoms with Crippen LogP contribution in [0.1, 0.15) is 11.1 Å². The molecule has 1 aliphatic heterocycles. The fourth-order valence-corrected chi connectivity index (χ4v) is 5.51. The number of hydrogen-bond donors (Lipinski definition) is 8. The van der Waals surface area contributed by atoms with Crippen molar-refractivity contribution in [1.29, 1.82) is 0 Å². The summed E-state index contributed by atoms with van der Waals surface area (Å²) in [5, 5.41) is 81.9. The van der Waals surface area contributed by atoms with Gasteiger partial charge in [0.25, 0.3) is 0 Å². The predicted octanol–water partition coefficient (Wildman–Crippen LogP) is 3.40. The van der Waals surface area contributed by atoms with Gasteiger partial charge in [-0.15, -0.1) is 0 Å². The van der Waals surface area contributed by atoms with Crippen LogP contribution in [0.3, 0.4) is 0 Å². The van der Waals surface area contributed by atoms with Gasteiger partial charge in [0.2, 0.25) is 17.5 Å². The molecule has 1 aromatic heterocycles. The van der Waals surface area contributed by atoms with Crippen molar-refractivity contribution in [2.75, 3.05) is 6.61 Å². The monoisotopic (exact) mass is 756 g/mol. The number of aromatic hydroxyl groups is 6. The van der Waals surface area contributed by atoms with E-state index < -0.39 is 94.6 Å². The maximum absolute atomic E-state index is 13.9. The molecular formula is C39H32O16. The molecule has 2 heterocycles. The van der Waals surface area contributed by atoms with Gasteiger partial charge in [-0.05, 0) is 65.7 Å². The van der Waals surface area contributed by atoms with Crippen LogP contribution in [-0.4, -0.2) is 90.1 Å². The van der Waals surface area contributed by atoms with E-state index in [9.17, 15) is 55.2 Å². The molecule has 1 aliphatic rings. The fourth-order valence-electron chi connectivity index (χ4n) is 5.51. The van der Waals surface area contributed by atoms with E-state index in [1.54, 1.807) is 0 Å². The zero-order valence-electron chi connectivity index (χ0n) is 28.3. The lowest BCUT2D eigenvalue weighted by molar-refractivity contribution is -0.281. The number of carbonyl (C=O) groups excluding carboxylic acids is 2. The molecule has 8 N–H and O–H groups in total. The maximum atomic E-state index is 13.9. The van der Waals surface area contributed by atoms with Gasteiger partial charge in [0.05, 0.1) is 0 Å². The van der Waals surface area contributed by atoms with Crippen molar-refractivity contribution in [3.63, 3.8) is 0 Å². The lowest BCUT2D eigenvalue weighted by atomic mass is 9.98. The highest BCUT2D eigenvalue weighted by Gasteiger charge is 2.49. The highest BCUT2D eigenvalue weighted by molar-refractivity contribution is 5.89. The Morgan fingerprint density at radius 3 is 1.93 bits per heavy atom. The largest absolute Gasteiger partial charge is 0.508 e. The Hall–Kier alpha value is -7.01. The minimum Gasteiger partial charge on any atom is -0.508 e. The molecule has 55 heavy (non-hydrogen) atoms. The molecule has 16 heteroatoms. The van der Waals surface area contributed by atoms with Crippen LogP contribution in [0.2, 0.25) is 0 Å². The van der Waals surface area contributed by atoms with Crippen LogP contribution in [0.5, 0.6) is 40.2 Å². The third-order valence-corrected chi connectivity index (χ3v) is 8.28. The van der Waals surface area contributed by atoms with Gasteiger partial charge in [0.15, 0.2) is 29.5 Å². The van der Waals surface area contributed by atoms with Crippen molar-refractivity contribution in [2.24, 2.45) is 0 Å². The summed E-state index contributed by atoms with van der Waals surface area (Å²) in [5.74, 6) is -5.47. The zero-order valence-corrected chi connectivity index (χ0v) is 28.3. The number of ether oxygens (including phenoxy) is 4. The third-order valence-electron chi connectivity index (χ3n) is 8.28. The molecule has 0 spiro atoms. The molecule has 0 bridgehead atoms. The Morgan fingerprint density at radius 1 is 0.691 bits per heavy atom. The molecule has 284 valence electrons. The molecule has 0 radical (unpaired) electrons. The Labute approximate surface area is 309 Å². The molecule has 0 amide bonds. The van der Waals surface area contributed by atoms with Gasteiger partial charge >= 0.3 is 11.9 Å². The van der Waals surface area contributed by atoms with Crippen molar-refractivity contribution in [2.45, 2.75) is 30.7 Å². The number of esters is 2. The molecule has 0 saturated carbocycles. The number of carbonyl (C=O) groups is 2. The summed E-state index contributed by atoms with van der Waals surface area (Å²) in [4.78, 5) is 39.5. The summed E-state index contributed by atoms with van der Waals surface area (Å²) in [6, 6.07) is 16.8. The van der Waals surface area contributed by atoms with Crippen LogP contribution < -0.4 is 10.2 Å². The first kappa shape index (κ1) is 37.7. The third kappa shape index (κ3) is 8.63. The Kier molecular flexibility index (Phi) is 10.9. The quantitative estimate of drug-likeness (QED) is 0.0577. The van der Waals surface area contributed by atoms with Gasteiger partial charge < -0.3 is 64.2 Å². The van der Waals surface area contributed by atoms with Gasteiger partial charge in [-0.3, -0.25) is 4.79 Å². The van der Waals surface area contributed by atoms with E-state index in [0.717, 1.165) is 36.4 Å². The number of fused-ring (bicyclic) bond motifs is 1. The highest BCUT2D eigenvalue weighted by atomic mass is 16.7. The topological polar surface area (TPSA) is 263 Å². The van der Waals surface area contributed by atoms with Crippen LogP contribution in [0.15, 0.2) is 100 Å². The minimum absolute atomic E-state index is 0.0130. The average molecular weight is 757 g/mol. The van der Waals surface area contributed by atoms with E-state index in [0.29, 0.717) is 11.1 Å². The van der Waals surface area contributed by atoms with Crippen molar-refractivity contribution in [1.82, 2.24) is 0 Å². The van der Waals surface area contributed by atoms with E-state index >= 15 is 0 Å². The summed E-state index contributed by atoms with van der Waals surface area (Å²) < 4.78 is 28.2. The van der Waals surface area contributed by atoms with Crippen LogP contribution in [-0.2, 0) is 23.8 Å². The molecule has 5 atom stereocenters. The molecule has 0 aliphatic carbocycles. The molecule has 5 aromatic rings. The summed E-state index contributed by atoms with van der Waals surface area (Å²) in [6.45, 7) is -0.699. The maximum Gasteiger partial charge on any atom is 0.331 e. The van der Waals surface area contributed by atoms with E-state index in [1.807, 2.05) is 0 Å². The number of hydrogen-bond acceptors (Lipinski definition) is 16. The van der Waals surface area contributed by atoms with E-state index in [4.69, 9.17) is 23.4 Å². The van der Waals surface area contributed by atoms with Crippen LogP contribution in [0, 0.1) is 0 Å². The lowest BCUT2D eigenvalue weighted by Gasteiger charge is -2.41. The summed E-state index contributed by atoms with van der Waals surface area (Å²) >= 11 is 0. The van der Waals surface area contributed by atoms with Gasteiger partial charge in [-0.1, -0.05) is 24.3 Å².